The first-order valence-corrected chi connectivity index (χ1v) is 23.5. The lowest BCUT2D eigenvalue weighted by molar-refractivity contribution is 0.0905. The molecule has 0 spiro atoms. The van der Waals surface area contributed by atoms with Crippen molar-refractivity contribution in [1.82, 2.24) is 19.4 Å². The van der Waals surface area contributed by atoms with E-state index in [0.717, 1.165) is 41.9 Å². The molecule has 2 bridgehead atoms. The highest BCUT2D eigenvalue weighted by molar-refractivity contribution is 7.98. The van der Waals surface area contributed by atoms with Gasteiger partial charge in [-0.25, -0.2) is 19.0 Å². The Morgan fingerprint density at radius 3 is 2.60 bits per heavy atom. The van der Waals surface area contributed by atoms with Gasteiger partial charge in [0.25, 0.3) is 0 Å². The number of amides is 2. The number of carbonyl (C=O) groups excluding carboxylic acids is 1. The van der Waals surface area contributed by atoms with Crippen molar-refractivity contribution < 1.29 is 23.8 Å². The second kappa shape index (κ2) is 13.1. The van der Waals surface area contributed by atoms with Crippen molar-refractivity contribution in [2.24, 2.45) is 11.8 Å². The Labute approximate surface area is 317 Å². The topological polar surface area (TPSA) is 112 Å². The van der Waals surface area contributed by atoms with E-state index in [0.29, 0.717) is 45.6 Å². The van der Waals surface area contributed by atoms with Gasteiger partial charge in [0.2, 0.25) is 0 Å². The van der Waals surface area contributed by atoms with E-state index in [-0.39, 0.29) is 65.1 Å². The van der Waals surface area contributed by atoms with Crippen LogP contribution in [-0.2, 0) is 11.2 Å². The first kappa shape index (κ1) is 35.5. The molecule has 6 atom stereocenters. The maximum atomic E-state index is 17.3. The van der Waals surface area contributed by atoms with Gasteiger partial charge in [-0.3, -0.25) is 4.90 Å². The number of aryl methyl sites for hydroxylation is 1. The monoisotopic (exact) mass is 779 g/mol. The van der Waals surface area contributed by atoms with E-state index in [1.165, 1.54) is 16.7 Å². The van der Waals surface area contributed by atoms with Crippen LogP contribution in [0.2, 0.25) is 35.7 Å². The summed E-state index contributed by atoms with van der Waals surface area (Å²) in [5, 5.41) is 22.3. The fourth-order valence-corrected chi connectivity index (χ4v) is 10.6. The minimum Gasteiger partial charge on any atom is -0.465 e. The standard InChI is InChI=1S/C38H40Cl2FN5O4SSi/c1-51-36-24-17-28(27-15-20-14-26(20)45(27)38(49)50-11-12-52(2,3)4)46(34-21-16-29(34)44(18-21)37(47)48)35(24)23-13-19(7-6-10-42)30(32(41)33(23)43-36)22-8-5-9-25(39)31(22)40/h5,8-9,13,17,20-21,26-27,29,34H,6-7,11-12,14-16,18H2,1-4H3,(H,47,48)/t20-,21-,26-,27-,29-,34+/m1/s1. The van der Waals surface area contributed by atoms with Crippen LogP contribution in [0.4, 0.5) is 14.0 Å². The highest BCUT2D eigenvalue weighted by Gasteiger charge is 2.59. The van der Waals surface area contributed by atoms with Gasteiger partial charge in [-0.1, -0.05) is 55.0 Å². The molecule has 1 N–H and O–H groups in total. The number of rotatable bonds is 9. The SMILES string of the molecule is CSc1nc2c(F)c(-c3cccc(Cl)c3Cl)c(CCC#N)cc2c2c1cc([C@H]1C[C@H]3C[C@H]3N1C(=O)OCC[Si](C)(C)C)n2[C@H]1[C@@H]2C[C@H]1N(C(=O)O)C2. The summed E-state index contributed by atoms with van der Waals surface area (Å²) in [6.07, 6.45) is 3.52. The number of carboxylic acid groups (broad SMARTS) is 1. The van der Waals surface area contributed by atoms with Crippen LogP contribution in [0.5, 0.6) is 0 Å². The van der Waals surface area contributed by atoms with E-state index in [2.05, 4.69) is 36.3 Å². The molecule has 2 aromatic carbocycles. The number of ether oxygens (including phenoxy) is 1. The van der Waals surface area contributed by atoms with Crippen LogP contribution in [0, 0.1) is 29.0 Å². The largest absolute Gasteiger partial charge is 0.465 e. The van der Waals surface area contributed by atoms with E-state index in [9.17, 15) is 20.0 Å². The highest BCUT2D eigenvalue weighted by Crippen LogP contribution is 2.58. The summed E-state index contributed by atoms with van der Waals surface area (Å²) in [5.74, 6) is -0.124. The van der Waals surface area contributed by atoms with E-state index < -0.39 is 20.0 Å². The third-order valence-electron chi connectivity index (χ3n) is 11.5. The fourth-order valence-electron chi connectivity index (χ4n) is 8.93. The number of likely N-dealkylation sites (tertiary alicyclic amines) is 1. The number of hydrogen-bond acceptors (Lipinski definition) is 6. The molecule has 52 heavy (non-hydrogen) atoms. The normalized spacial score (nSPS) is 24.7. The zero-order valence-corrected chi connectivity index (χ0v) is 32.8. The molecule has 2 aliphatic carbocycles. The second-order valence-electron chi connectivity index (χ2n) is 15.8. The van der Waals surface area contributed by atoms with E-state index >= 15 is 4.39 Å². The molecular weight excluding hydrogens is 741 g/mol. The van der Waals surface area contributed by atoms with Crippen LogP contribution in [0.1, 0.15) is 49.0 Å². The number of pyridine rings is 1. The van der Waals surface area contributed by atoms with Gasteiger partial charge < -0.3 is 19.3 Å². The molecule has 5 fully saturated rings. The molecule has 14 heteroatoms. The van der Waals surface area contributed by atoms with Crippen molar-refractivity contribution in [3.05, 3.63) is 57.5 Å². The zero-order chi connectivity index (χ0) is 36.8. The first-order valence-electron chi connectivity index (χ1n) is 17.8. The Balaban J connectivity index is 1.36. The Hall–Kier alpha value is -3.50. The summed E-state index contributed by atoms with van der Waals surface area (Å²) in [7, 11) is -1.43. The van der Waals surface area contributed by atoms with E-state index in [4.69, 9.17) is 32.9 Å². The summed E-state index contributed by atoms with van der Waals surface area (Å²) in [6, 6.07) is 11.5. The molecule has 3 saturated heterocycles. The number of aromatic nitrogens is 2. The molecule has 4 aromatic rings. The van der Waals surface area contributed by atoms with Crippen LogP contribution < -0.4 is 0 Å². The zero-order valence-electron chi connectivity index (χ0n) is 29.5. The Kier molecular flexibility index (Phi) is 8.96. The van der Waals surface area contributed by atoms with Gasteiger partial charge in [0.05, 0.1) is 46.4 Å². The van der Waals surface area contributed by atoms with Crippen LogP contribution >= 0.6 is 35.0 Å². The van der Waals surface area contributed by atoms with Crippen LogP contribution in [0.15, 0.2) is 35.4 Å². The molecule has 272 valence electrons. The number of benzene rings is 2. The lowest BCUT2D eigenvalue weighted by atomic mass is 9.79. The molecule has 2 saturated carbocycles. The van der Waals surface area contributed by atoms with Gasteiger partial charge in [0.15, 0.2) is 5.82 Å². The molecule has 3 aliphatic heterocycles. The summed E-state index contributed by atoms with van der Waals surface area (Å²) in [6.45, 7) is 7.56. The average molecular weight is 781 g/mol. The summed E-state index contributed by atoms with van der Waals surface area (Å²) in [5.41, 5.74) is 3.12. The Morgan fingerprint density at radius 2 is 1.90 bits per heavy atom. The summed E-state index contributed by atoms with van der Waals surface area (Å²) in [4.78, 5) is 34.6. The van der Waals surface area contributed by atoms with Gasteiger partial charge in [-0.2, -0.15) is 5.26 Å². The number of piperidine rings is 1. The number of nitriles is 1. The molecular formula is C38H40Cl2FN5O4SSi. The Morgan fingerprint density at radius 1 is 1.13 bits per heavy atom. The van der Waals surface area contributed by atoms with Gasteiger partial charge in [-0.05, 0) is 67.7 Å². The third-order valence-corrected chi connectivity index (χ3v) is 14.8. The Bertz CT molecular complexity index is 2200. The predicted molar refractivity (Wildman–Crippen MR) is 205 cm³/mol. The molecule has 5 aliphatic rings. The number of nitrogens with zero attached hydrogens (tertiary/aromatic N) is 5. The predicted octanol–water partition coefficient (Wildman–Crippen LogP) is 10.0. The summed E-state index contributed by atoms with van der Waals surface area (Å²) >= 11 is 14.5. The minimum absolute atomic E-state index is 0.0666. The highest BCUT2D eigenvalue weighted by atomic mass is 35.5. The lowest BCUT2D eigenvalue weighted by Crippen LogP contribution is -2.43. The lowest BCUT2D eigenvalue weighted by Gasteiger charge is -2.40. The maximum absolute atomic E-state index is 17.3. The van der Waals surface area contributed by atoms with Crippen molar-refractivity contribution in [1.29, 1.82) is 5.26 Å². The number of fused-ring (bicyclic) bond motifs is 5. The molecule has 9 nitrogen and oxygen atoms in total. The number of hydrogen-bond donors (Lipinski definition) is 1. The second-order valence-corrected chi connectivity index (χ2v) is 23.0. The minimum atomic E-state index is -1.43. The van der Waals surface area contributed by atoms with Crippen molar-refractivity contribution in [3.8, 4) is 17.2 Å². The quantitative estimate of drug-likeness (QED) is 0.133. The molecule has 0 unspecified atom stereocenters. The van der Waals surface area contributed by atoms with Crippen molar-refractivity contribution in [2.45, 2.75) is 87.0 Å². The smallest absolute Gasteiger partial charge is 0.410 e. The molecule has 5 heterocycles. The molecule has 2 aromatic heterocycles. The van der Waals surface area contributed by atoms with E-state index in [1.807, 2.05) is 17.2 Å². The molecule has 0 radical (unpaired) electrons. The van der Waals surface area contributed by atoms with Crippen molar-refractivity contribution >= 4 is 77.0 Å². The summed E-state index contributed by atoms with van der Waals surface area (Å²) < 4.78 is 25.5. The number of thioether (sulfide) groups is 1. The van der Waals surface area contributed by atoms with Gasteiger partial charge in [0.1, 0.15) is 10.5 Å². The molecule has 9 rings (SSSR count). The average Bonchev–Trinajstić information content (AvgIpc) is 3.46. The van der Waals surface area contributed by atoms with Gasteiger partial charge in [0, 0.05) is 60.6 Å². The van der Waals surface area contributed by atoms with Crippen LogP contribution in [0.25, 0.3) is 32.9 Å². The van der Waals surface area contributed by atoms with Gasteiger partial charge >= 0.3 is 12.2 Å². The molecule has 2 amide bonds. The maximum Gasteiger partial charge on any atom is 0.410 e. The van der Waals surface area contributed by atoms with Gasteiger partial charge in [-0.15, -0.1) is 11.8 Å². The first-order chi connectivity index (χ1) is 24.8. The fraction of sp³-hybridized carbons (Fsp3) is 0.474. The third kappa shape index (κ3) is 5.74. The van der Waals surface area contributed by atoms with Crippen molar-refractivity contribution in [3.63, 3.8) is 0 Å². The number of carbonyl (C=O) groups is 2. The van der Waals surface area contributed by atoms with E-state index in [1.54, 1.807) is 18.2 Å². The van der Waals surface area contributed by atoms with Crippen molar-refractivity contribution in [2.75, 3.05) is 19.4 Å². The number of halogens is 3. The van der Waals surface area contributed by atoms with Crippen LogP contribution in [0.3, 0.4) is 0 Å². The van der Waals surface area contributed by atoms with Crippen LogP contribution in [-0.4, -0.2) is 76.2 Å².